The van der Waals surface area contributed by atoms with Crippen molar-refractivity contribution in [2.75, 3.05) is 0 Å². The summed E-state index contributed by atoms with van der Waals surface area (Å²) in [7, 11) is 0. The second kappa shape index (κ2) is 3.42. The van der Waals surface area contributed by atoms with Crippen molar-refractivity contribution in [3.05, 3.63) is 0 Å². The number of hydrogen-bond acceptors (Lipinski definition) is 3. The Bertz CT molecular complexity index is 201. The Morgan fingerprint density at radius 1 is 1.42 bits per heavy atom. The molecule has 0 saturated carbocycles. The van der Waals surface area contributed by atoms with Gasteiger partial charge in [-0.1, -0.05) is 0 Å². The zero-order chi connectivity index (χ0) is 9.94. The topological polar surface area (TPSA) is 69.2 Å². The Kier molecular flexibility index (Phi) is 3.06. The second-order valence-corrected chi connectivity index (χ2v) is 2.01. The molecular weight excluding hydrogens is 179 g/mol. The summed E-state index contributed by atoms with van der Waals surface area (Å²) in [6.07, 6.45) is -5.07. The first-order chi connectivity index (χ1) is 5.25. The van der Waals surface area contributed by atoms with E-state index in [1.807, 2.05) is 0 Å². The van der Waals surface area contributed by atoms with Crippen molar-refractivity contribution in [3.63, 3.8) is 0 Å². The molecule has 0 fully saturated rings. The molecule has 0 aromatic heterocycles. The quantitative estimate of drug-likeness (QED) is 0.586. The number of rotatable bonds is 2. The minimum absolute atomic E-state index is 0.874. The summed E-state index contributed by atoms with van der Waals surface area (Å²) in [5.41, 5.74) is 0. The van der Waals surface area contributed by atoms with Crippen LogP contribution in [0.3, 0.4) is 0 Å². The molecule has 0 rings (SSSR count). The molecule has 0 spiro atoms. The third-order valence-corrected chi connectivity index (χ3v) is 0.959. The number of aliphatic carboxylic acids is 1. The standard InChI is InChI=1S/C5H6F3NO3/c1-2(3(10)11)9-4(12)5(6,7)8/h2H,1H3,(H,9,12)(H,10,11)/p-1. The van der Waals surface area contributed by atoms with Gasteiger partial charge in [0, 0.05) is 0 Å². The van der Waals surface area contributed by atoms with E-state index >= 15 is 0 Å². The summed E-state index contributed by atoms with van der Waals surface area (Å²) in [6, 6.07) is -1.65. The minimum atomic E-state index is -5.07. The summed E-state index contributed by atoms with van der Waals surface area (Å²) in [5, 5.41) is 11.1. The molecule has 12 heavy (non-hydrogen) atoms. The SMILES string of the molecule is CC(NC(=O)C(F)(F)F)C(=O)[O-]. The van der Waals surface area contributed by atoms with E-state index in [2.05, 4.69) is 0 Å². The van der Waals surface area contributed by atoms with Gasteiger partial charge < -0.3 is 15.2 Å². The summed E-state index contributed by atoms with van der Waals surface area (Å²) in [4.78, 5) is 19.9. The first kappa shape index (κ1) is 10.7. The zero-order valence-corrected chi connectivity index (χ0v) is 5.94. The van der Waals surface area contributed by atoms with E-state index in [-0.39, 0.29) is 0 Å². The molecule has 0 radical (unpaired) electrons. The molecule has 0 bridgehead atoms. The monoisotopic (exact) mass is 184 g/mol. The van der Waals surface area contributed by atoms with Gasteiger partial charge in [-0.05, 0) is 6.92 Å². The Labute approximate surface area is 65.4 Å². The third-order valence-electron chi connectivity index (χ3n) is 0.959. The Hall–Kier alpha value is -1.27. The highest BCUT2D eigenvalue weighted by Crippen LogP contribution is 2.14. The number of hydrogen-bond donors (Lipinski definition) is 1. The average molecular weight is 184 g/mol. The molecule has 0 heterocycles. The predicted molar refractivity (Wildman–Crippen MR) is 28.7 cm³/mol. The van der Waals surface area contributed by atoms with Gasteiger partial charge in [0.2, 0.25) is 0 Å². The van der Waals surface area contributed by atoms with E-state index in [9.17, 15) is 27.9 Å². The van der Waals surface area contributed by atoms with Crippen molar-refractivity contribution in [2.45, 2.75) is 19.1 Å². The molecule has 0 aromatic rings. The first-order valence-electron chi connectivity index (χ1n) is 2.83. The van der Waals surface area contributed by atoms with Crippen LogP contribution in [0.25, 0.3) is 0 Å². The number of carbonyl (C=O) groups is 2. The van der Waals surface area contributed by atoms with Crippen molar-refractivity contribution in [2.24, 2.45) is 0 Å². The number of amides is 1. The highest BCUT2D eigenvalue weighted by atomic mass is 19.4. The van der Waals surface area contributed by atoms with Gasteiger partial charge in [0.15, 0.2) is 0 Å². The lowest BCUT2D eigenvalue weighted by atomic mass is 10.3. The molecule has 7 heteroatoms. The van der Waals surface area contributed by atoms with Crippen LogP contribution in [-0.2, 0) is 9.59 Å². The normalized spacial score (nSPS) is 13.7. The molecule has 1 unspecified atom stereocenters. The van der Waals surface area contributed by atoms with Gasteiger partial charge in [0.1, 0.15) is 0 Å². The average Bonchev–Trinajstić information content (AvgIpc) is 1.85. The molecule has 70 valence electrons. The Balaban J connectivity index is 4.11. The number of carboxylic acids is 1. The van der Waals surface area contributed by atoms with Gasteiger partial charge in [-0.3, -0.25) is 4.79 Å². The number of nitrogens with one attached hydrogen (secondary N) is 1. The van der Waals surface area contributed by atoms with Gasteiger partial charge in [-0.2, -0.15) is 13.2 Å². The Morgan fingerprint density at radius 3 is 2.08 bits per heavy atom. The van der Waals surface area contributed by atoms with Crippen LogP contribution in [0.4, 0.5) is 13.2 Å². The third kappa shape index (κ3) is 3.22. The van der Waals surface area contributed by atoms with Crippen LogP contribution in [-0.4, -0.2) is 24.1 Å². The lowest BCUT2D eigenvalue weighted by Crippen LogP contribution is -2.49. The van der Waals surface area contributed by atoms with Crippen LogP contribution >= 0.6 is 0 Å². The maximum absolute atomic E-state index is 11.4. The van der Waals surface area contributed by atoms with Crippen molar-refractivity contribution >= 4 is 11.9 Å². The summed E-state index contributed by atoms with van der Waals surface area (Å²) in [6.45, 7) is 0.874. The lowest BCUT2D eigenvalue weighted by Gasteiger charge is -2.15. The molecular formula is C5H5F3NO3-. The lowest BCUT2D eigenvalue weighted by molar-refractivity contribution is -0.308. The van der Waals surface area contributed by atoms with Crippen LogP contribution in [0.5, 0.6) is 0 Å². The van der Waals surface area contributed by atoms with Crippen molar-refractivity contribution in [1.29, 1.82) is 0 Å². The van der Waals surface area contributed by atoms with Crippen LogP contribution < -0.4 is 10.4 Å². The van der Waals surface area contributed by atoms with Crippen molar-refractivity contribution in [3.8, 4) is 0 Å². The van der Waals surface area contributed by atoms with Crippen LogP contribution in [0.1, 0.15) is 6.92 Å². The number of carbonyl (C=O) groups excluding carboxylic acids is 2. The molecule has 0 aliphatic carbocycles. The largest absolute Gasteiger partial charge is 0.548 e. The van der Waals surface area contributed by atoms with Crippen LogP contribution in [0.2, 0.25) is 0 Å². The van der Waals surface area contributed by atoms with Gasteiger partial charge >= 0.3 is 12.1 Å². The fraction of sp³-hybridized carbons (Fsp3) is 0.600. The van der Waals surface area contributed by atoms with Gasteiger partial charge in [0.25, 0.3) is 0 Å². The molecule has 0 aliphatic heterocycles. The Morgan fingerprint density at radius 2 is 1.83 bits per heavy atom. The van der Waals surface area contributed by atoms with Gasteiger partial charge in [-0.15, -0.1) is 0 Å². The maximum atomic E-state index is 11.4. The molecule has 0 saturated heterocycles. The number of alkyl halides is 3. The molecule has 0 aromatic carbocycles. The number of carboxylic acid groups (broad SMARTS) is 1. The van der Waals surface area contributed by atoms with E-state index in [1.165, 1.54) is 5.32 Å². The van der Waals surface area contributed by atoms with E-state index in [0.29, 0.717) is 0 Å². The molecule has 4 nitrogen and oxygen atoms in total. The number of halogens is 3. The van der Waals surface area contributed by atoms with Crippen molar-refractivity contribution < 1.29 is 27.9 Å². The zero-order valence-electron chi connectivity index (χ0n) is 5.94. The molecule has 1 N–H and O–H groups in total. The van der Waals surface area contributed by atoms with Crippen LogP contribution in [0.15, 0.2) is 0 Å². The maximum Gasteiger partial charge on any atom is 0.471 e. The minimum Gasteiger partial charge on any atom is -0.548 e. The smallest absolute Gasteiger partial charge is 0.471 e. The van der Waals surface area contributed by atoms with Gasteiger partial charge in [-0.25, -0.2) is 0 Å². The fourth-order valence-corrected chi connectivity index (χ4v) is 0.337. The fourth-order valence-electron chi connectivity index (χ4n) is 0.337. The van der Waals surface area contributed by atoms with E-state index in [4.69, 9.17) is 0 Å². The van der Waals surface area contributed by atoms with E-state index < -0.39 is 24.1 Å². The molecule has 0 aliphatic rings. The van der Waals surface area contributed by atoms with E-state index in [1.54, 1.807) is 0 Å². The van der Waals surface area contributed by atoms with E-state index in [0.717, 1.165) is 6.92 Å². The highest BCUT2D eigenvalue weighted by molar-refractivity contribution is 5.86. The van der Waals surface area contributed by atoms with Crippen molar-refractivity contribution in [1.82, 2.24) is 5.32 Å². The predicted octanol–water partition coefficient (Wildman–Crippen LogP) is -1.20. The second-order valence-electron chi connectivity index (χ2n) is 2.01. The summed E-state index contributed by atoms with van der Waals surface area (Å²) in [5.74, 6) is -4.06. The van der Waals surface area contributed by atoms with Gasteiger partial charge in [0.05, 0.1) is 12.0 Å². The first-order valence-corrected chi connectivity index (χ1v) is 2.83. The molecule has 1 amide bonds. The summed E-state index contributed by atoms with van der Waals surface area (Å²) < 4.78 is 34.3. The summed E-state index contributed by atoms with van der Waals surface area (Å²) >= 11 is 0. The highest BCUT2D eigenvalue weighted by Gasteiger charge is 2.39. The van der Waals surface area contributed by atoms with Crippen LogP contribution in [0, 0.1) is 0 Å². The molecule has 1 atom stereocenters.